The van der Waals surface area contributed by atoms with E-state index in [-0.39, 0.29) is 5.60 Å². The summed E-state index contributed by atoms with van der Waals surface area (Å²) in [4.78, 5) is 0. The molecule has 1 saturated heterocycles. The fourth-order valence-electron chi connectivity index (χ4n) is 1.72. The van der Waals surface area contributed by atoms with Gasteiger partial charge in [0.1, 0.15) is 0 Å². The molecule has 0 radical (unpaired) electrons. The van der Waals surface area contributed by atoms with Gasteiger partial charge in [-0.1, -0.05) is 19.9 Å². The Morgan fingerprint density at radius 1 is 1.58 bits per heavy atom. The monoisotopic (exact) mass is 170 g/mol. The van der Waals surface area contributed by atoms with Crippen LogP contribution in [0.5, 0.6) is 0 Å². The molecular weight excluding hydrogens is 152 g/mol. The molecule has 2 nitrogen and oxygen atoms in total. The van der Waals surface area contributed by atoms with Gasteiger partial charge in [0.05, 0.1) is 5.60 Å². The molecule has 70 valence electrons. The van der Waals surface area contributed by atoms with Crippen molar-refractivity contribution in [2.45, 2.75) is 51.9 Å². The zero-order valence-corrected chi connectivity index (χ0v) is 8.13. The molecule has 1 aliphatic heterocycles. The zero-order valence-electron chi connectivity index (χ0n) is 8.13. The Bertz CT molecular complexity index is 180. The molecule has 0 aromatic carbocycles. The molecule has 1 N–H and O–H groups in total. The Morgan fingerprint density at radius 2 is 2.17 bits per heavy atom. The minimum absolute atomic E-state index is 0.0960. The van der Waals surface area contributed by atoms with E-state index in [9.17, 15) is 5.11 Å². The van der Waals surface area contributed by atoms with Crippen LogP contribution >= 0.6 is 0 Å². The summed E-state index contributed by atoms with van der Waals surface area (Å²) in [5, 5.41) is 9.50. The Morgan fingerprint density at radius 3 is 2.42 bits per heavy atom. The maximum absolute atomic E-state index is 9.50. The van der Waals surface area contributed by atoms with Crippen LogP contribution in [0.3, 0.4) is 0 Å². The molecule has 1 rings (SSSR count). The van der Waals surface area contributed by atoms with Crippen molar-refractivity contribution >= 4 is 0 Å². The van der Waals surface area contributed by atoms with Gasteiger partial charge in [-0.2, -0.15) is 0 Å². The lowest BCUT2D eigenvalue weighted by molar-refractivity contribution is -0.130. The van der Waals surface area contributed by atoms with Gasteiger partial charge >= 0.3 is 0 Å². The third-order valence-electron chi connectivity index (χ3n) is 2.86. The molecule has 1 fully saturated rings. The van der Waals surface area contributed by atoms with Gasteiger partial charge in [0.2, 0.25) is 0 Å². The van der Waals surface area contributed by atoms with Crippen molar-refractivity contribution in [1.82, 2.24) is 0 Å². The van der Waals surface area contributed by atoms with Gasteiger partial charge in [-0.3, -0.25) is 0 Å². The smallest absolute Gasteiger partial charge is 0.177 e. The SMILES string of the molecule is C/C=C1\CC(CC)(CC)OC1O. The highest BCUT2D eigenvalue weighted by Gasteiger charge is 2.39. The minimum atomic E-state index is -0.658. The van der Waals surface area contributed by atoms with E-state index in [1.54, 1.807) is 0 Å². The van der Waals surface area contributed by atoms with Crippen LogP contribution in [0.2, 0.25) is 0 Å². The summed E-state index contributed by atoms with van der Waals surface area (Å²) in [6.45, 7) is 6.16. The number of aliphatic hydroxyl groups excluding tert-OH is 1. The third-order valence-corrected chi connectivity index (χ3v) is 2.86. The summed E-state index contributed by atoms with van der Waals surface area (Å²) in [6, 6.07) is 0. The Labute approximate surface area is 74.2 Å². The molecule has 0 aromatic rings. The van der Waals surface area contributed by atoms with Crippen LogP contribution in [0.4, 0.5) is 0 Å². The maximum Gasteiger partial charge on any atom is 0.177 e. The van der Waals surface area contributed by atoms with E-state index in [0.29, 0.717) is 0 Å². The van der Waals surface area contributed by atoms with Crippen molar-refractivity contribution in [3.05, 3.63) is 11.6 Å². The van der Waals surface area contributed by atoms with Gasteiger partial charge in [-0.15, -0.1) is 0 Å². The molecule has 1 atom stereocenters. The summed E-state index contributed by atoms with van der Waals surface area (Å²) >= 11 is 0. The molecule has 1 heterocycles. The number of rotatable bonds is 2. The number of hydrogen-bond donors (Lipinski definition) is 1. The van der Waals surface area contributed by atoms with Gasteiger partial charge < -0.3 is 9.84 Å². The average molecular weight is 170 g/mol. The molecule has 12 heavy (non-hydrogen) atoms. The second-order valence-electron chi connectivity index (χ2n) is 3.40. The van der Waals surface area contributed by atoms with Crippen LogP contribution in [0.15, 0.2) is 11.6 Å². The summed E-state index contributed by atoms with van der Waals surface area (Å²) in [5.74, 6) is 0. The average Bonchev–Trinajstić information content (AvgIpc) is 2.43. The van der Waals surface area contributed by atoms with Crippen molar-refractivity contribution < 1.29 is 9.84 Å². The lowest BCUT2D eigenvalue weighted by Gasteiger charge is -2.24. The summed E-state index contributed by atoms with van der Waals surface area (Å²) in [6.07, 6.45) is 4.13. The summed E-state index contributed by atoms with van der Waals surface area (Å²) in [5.41, 5.74) is 0.931. The molecule has 2 heteroatoms. The van der Waals surface area contributed by atoms with Gasteiger partial charge in [0, 0.05) is 6.42 Å². The molecule has 0 saturated carbocycles. The van der Waals surface area contributed by atoms with Crippen LogP contribution < -0.4 is 0 Å². The van der Waals surface area contributed by atoms with Crippen molar-refractivity contribution in [2.24, 2.45) is 0 Å². The molecule has 0 spiro atoms. The van der Waals surface area contributed by atoms with Gasteiger partial charge in [0.25, 0.3) is 0 Å². The maximum atomic E-state index is 9.50. The van der Waals surface area contributed by atoms with Crippen LogP contribution in [-0.2, 0) is 4.74 Å². The van der Waals surface area contributed by atoms with Crippen molar-refractivity contribution in [3.8, 4) is 0 Å². The van der Waals surface area contributed by atoms with E-state index < -0.39 is 6.29 Å². The second-order valence-corrected chi connectivity index (χ2v) is 3.40. The first-order valence-corrected chi connectivity index (χ1v) is 4.68. The highest BCUT2D eigenvalue weighted by Crippen LogP contribution is 2.38. The van der Waals surface area contributed by atoms with E-state index >= 15 is 0 Å². The van der Waals surface area contributed by atoms with Gasteiger partial charge in [0.15, 0.2) is 6.29 Å². The summed E-state index contributed by atoms with van der Waals surface area (Å²) in [7, 11) is 0. The Kier molecular flexibility index (Phi) is 2.91. The van der Waals surface area contributed by atoms with Crippen LogP contribution in [0.1, 0.15) is 40.0 Å². The van der Waals surface area contributed by atoms with E-state index in [0.717, 1.165) is 24.8 Å². The van der Waals surface area contributed by atoms with Crippen LogP contribution in [0, 0.1) is 0 Å². The standard InChI is InChI=1S/C10H18O2/c1-4-8-7-10(5-2,6-3)12-9(8)11/h4,9,11H,5-7H2,1-3H3/b8-4+. The van der Waals surface area contributed by atoms with Crippen LogP contribution in [0.25, 0.3) is 0 Å². The lowest BCUT2D eigenvalue weighted by Crippen LogP contribution is -2.26. The zero-order chi connectivity index (χ0) is 9.19. The summed E-state index contributed by atoms with van der Waals surface area (Å²) < 4.78 is 5.54. The lowest BCUT2D eigenvalue weighted by atomic mass is 9.92. The molecule has 0 aliphatic carbocycles. The fraction of sp³-hybridized carbons (Fsp3) is 0.800. The van der Waals surface area contributed by atoms with E-state index in [4.69, 9.17) is 4.74 Å². The van der Waals surface area contributed by atoms with Crippen molar-refractivity contribution in [1.29, 1.82) is 0 Å². The van der Waals surface area contributed by atoms with Crippen molar-refractivity contribution in [2.75, 3.05) is 0 Å². The predicted molar refractivity (Wildman–Crippen MR) is 48.8 cm³/mol. The quantitative estimate of drug-likeness (QED) is 0.644. The number of aliphatic hydroxyl groups is 1. The topological polar surface area (TPSA) is 29.5 Å². The Balaban J connectivity index is 2.75. The minimum Gasteiger partial charge on any atom is -0.364 e. The van der Waals surface area contributed by atoms with E-state index in [1.165, 1.54) is 0 Å². The second kappa shape index (κ2) is 3.58. The van der Waals surface area contributed by atoms with Crippen LogP contribution in [-0.4, -0.2) is 17.0 Å². The van der Waals surface area contributed by atoms with E-state index in [1.807, 2.05) is 13.0 Å². The highest BCUT2D eigenvalue weighted by atomic mass is 16.6. The fourth-order valence-corrected chi connectivity index (χ4v) is 1.72. The van der Waals surface area contributed by atoms with E-state index in [2.05, 4.69) is 13.8 Å². The van der Waals surface area contributed by atoms with Gasteiger partial charge in [-0.25, -0.2) is 0 Å². The van der Waals surface area contributed by atoms with Gasteiger partial charge in [-0.05, 0) is 25.3 Å². The molecule has 0 aromatic heterocycles. The van der Waals surface area contributed by atoms with Crippen molar-refractivity contribution in [3.63, 3.8) is 0 Å². The normalized spacial score (nSPS) is 31.3. The molecular formula is C10H18O2. The first kappa shape index (κ1) is 9.75. The largest absolute Gasteiger partial charge is 0.364 e. The molecule has 0 bridgehead atoms. The molecule has 0 amide bonds. The Hall–Kier alpha value is -0.340. The molecule has 1 aliphatic rings. The first-order chi connectivity index (χ1) is 5.67. The highest BCUT2D eigenvalue weighted by molar-refractivity contribution is 5.13. The first-order valence-electron chi connectivity index (χ1n) is 4.68. The molecule has 1 unspecified atom stereocenters. The third kappa shape index (κ3) is 1.54. The number of allylic oxidation sites excluding steroid dienone is 1. The predicted octanol–water partition coefficient (Wildman–Crippen LogP) is 2.23. The number of hydrogen-bond acceptors (Lipinski definition) is 2. The number of ether oxygens (including phenoxy) is 1.